The second-order valence-corrected chi connectivity index (χ2v) is 5.56. The number of nitrogens with two attached hydrogens (primary N) is 1. The van der Waals surface area contributed by atoms with Crippen LogP contribution in [0.25, 0.3) is 0 Å². The Morgan fingerprint density at radius 3 is 2.79 bits per heavy atom. The molecular weight excluding hydrogens is 261 g/mol. The Labute approximate surface area is 119 Å². The van der Waals surface area contributed by atoms with Gasteiger partial charge in [-0.15, -0.1) is 0 Å². The zero-order valence-electron chi connectivity index (χ0n) is 11.2. The zero-order valence-corrected chi connectivity index (χ0v) is 12.0. The van der Waals surface area contributed by atoms with Crippen molar-refractivity contribution in [1.29, 1.82) is 0 Å². The number of halogens is 1. The highest BCUT2D eigenvalue weighted by molar-refractivity contribution is 7.80. The van der Waals surface area contributed by atoms with Crippen molar-refractivity contribution in [3.8, 4) is 5.75 Å². The molecule has 2 atom stereocenters. The van der Waals surface area contributed by atoms with Gasteiger partial charge in [0, 0.05) is 5.56 Å². The van der Waals surface area contributed by atoms with Crippen molar-refractivity contribution >= 4 is 17.2 Å². The van der Waals surface area contributed by atoms with Crippen molar-refractivity contribution in [1.82, 2.24) is 0 Å². The maximum atomic E-state index is 14.0. The Morgan fingerprint density at radius 2 is 2.16 bits per heavy atom. The van der Waals surface area contributed by atoms with E-state index >= 15 is 0 Å². The van der Waals surface area contributed by atoms with Crippen LogP contribution >= 0.6 is 12.2 Å². The fourth-order valence-electron chi connectivity index (χ4n) is 2.71. The van der Waals surface area contributed by atoms with Gasteiger partial charge >= 0.3 is 0 Å². The number of ether oxygens (including phenoxy) is 1. The second kappa shape index (κ2) is 6.33. The summed E-state index contributed by atoms with van der Waals surface area (Å²) >= 11 is 4.83. The van der Waals surface area contributed by atoms with Gasteiger partial charge < -0.3 is 10.5 Å². The van der Waals surface area contributed by atoms with E-state index in [1.54, 1.807) is 12.1 Å². The van der Waals surface area contributed by atoms with E-state index in [4.69, 9.17) is 22.7 Å². The molecule has 0 radical (unpaired) electrons. The van der Waals surface area contributed by atoms with Crippen LogP contribution < -0.4 is 10.5 Å². The van der Waals surface area contributed by atoms with Gasteiger partial charge in [0.1, 0.15) is 11.1 Å². The van der Waals surface area contributed by atoms with E-state index in [-0.39, 0.29) is 16.9 Å². The van der Waals surface area contributed by atoms with Crippen molar-refractivity contribution in [3.05, 3.63) is 29.6 Å². The first-order valence-corrected chi connectivity index (χ1v) is 7.28. The lowest BCUT2D eigenvalue weighted by atomic mass is 9.85. The maximum Gasteiger partial charge on any atom is 0.165 e. The average molecular weight is 281 g/mol. The number of hydrogen-bond donors (Lipinski definition) is 1. The van der Waals surface area contributed by atoms with Crippen LogP contribution in [0.2, 0.25) is 0 Å². The molecule has 0 aliphatic heterocycles. The summed E-state index contributed by atoms with van der Waals surface area (Å²) in [6.07, 6.45) is 5.80. The van der Waals surface area contributed by atoms with E-state index in [9.17, 15) is 4.39 Å². The highest BCUT2D eigenvalue weighted by Gasteiger charge is 2.26. The fraction of sp³-hybridized carbons (Fsp3) is 0.533. The summed E-state index contributed by atoms with van der Waals surface area (Å²) in [4.78, 5) is 0.203. The number of rotatable bonds is 4. The molecule has 104 valence electrons. The van der Waals surface area contributed by atoms with Crippen LogP contribution in [0, 0.1) is 11.7 Å². The minimum Gasteiger partial charge on any atom is -0.487 e. The number of benzene rings is 1. The summed E-state index contributed by atoms with van der Waals surface area (Å²) in [5.74, 6) is 0.458. The monoisotopic (exact) mass is 281 g/mol. The molecule has 0 heterocycles. The Morgan fingerprint density at radius 1 is 1.42 bits per heavy atom. The van der Waals surface area contributed by atoms with Crippen LogP contribution in [0.15, 0.2) is 18.2 Å². The average Bonchev–Trinajstić information content (AvgIpc) is 2.41. The molecule has 2 rings (SSSR count). The summed E-state index contributed by atoms with van der Waals surface area (Å²) < 4.78 is 19.8. The van der Waals surface area contributed by atoms with E-state index in [1.807, 2.05) is 0 Å². The van der Waals surface area contributed by atoms with Gasteiger partial charge in [0.15, 0.2) is 11.6 Å². The lowest BCUT2D eigenvalue weighted by Gasteiger charge is -2.31. The highest BCUT2D eigenvalue weighted by Crippen LogP contribution is 2.31. The molecule has 0 aromatic heterocycles. The summed E-state index contributed by atoms with van der Waals surface area (Å²) in [5, 5.41) is 0. The standard InChI is InChI=1S/C15H20FNOS/c1-2-10-5-3-4-6-13(10)18-14-8-7-11(15(17)19)9-12(14)16/h7-10,13H,2-6H2,1H3,(H2,17,19). The van der Waals surface area contributed by atoms with Crippen molar-refractivity contribution in [3.63, 3.8) is 0 Å². The van der Waals surface area contributed by atoms with E-state index < -0.39 is 0 Å². The zero-order chi connectivity index (χ0) is 13.8. The first-order valence-electron chi connectivity index (χ1n) is 6.87. The van der Waals surface area contributed by atoms with E-state index in [0.717, 1.165) is 19.3 Å². The molecule has 0 amide bonds. The van der Waals surface area contributed by atoms with Gasteiger partial charge in [0.2, 0.25) is 0 Å². The molecule has 1 saturated carbocycles. The first-order chi connectivity index (χ1) is 9.11. The van der Waals surface area contributed by atoms with Crippen LogP contribution in [-0.2, 0) is 0 Å². The van der Waals surface area contributed by atoms with Crippen LogP contribution in [-0.4, -0.2) is 11.1 Å². The molecule has 1 aromatic carbocycles. The molecule has 2 N–H and O–H groups in total. The molecule has 0 saturated heterocycles. The summed E-state index contributed by atoms with van der Waals surface area (Å²) in [6.45, 7) is 2.17. The molecule has 2 nitrogen and oxygen atoms in total. The van der Waals surface area contributed by atoms with Gasteiger partial charge in [-0.05, 0) is 49.8 Å². The predicted octanol–water partition coefficient (Wildman–Crippen LogP) is 3.81. The Hall–Kier alpha value is -1.16. The number of thiocarbonyl (C=S) groups is 1. The van der Waals surface area contributed by atoms with Gasteiger partial charge in [-0.2, -0.15) is 0 Å². The van der Waals surface area contributed by atoms with Crippen molar-refractivity contribution < 1.29 is 9.13 Å². The van der Waals surface area contributed by atoms with E-state index in [0.29, 0.717) is 17.2 Å². The third-order valence-electron chi connectivity index (χ3n) is 3.86. The van der Waals surface area contributed by atoms with Crippen LogP contribution in [0.3, 0.4) is 0 Å². The molecule has 1 aliphatic carbocycles. The lowest BCUT2D eigenvalue weighted by Crippen LogP contribution is -2.30. The molecule has 1 aromatic rings. The van der Waals surface area contributed by atoms with Crippen LogP contribution in [0.4, 0.5) is 4.39 Å². The Kier molecular flexibility index (Phi) is 4.75. The van der Waals surface area contributed by atoms with Crippen molar-refractivity contribution in [2.24, 2.45) is 11.7 Å². The van der Waals surface area contributed by atoms with Crippen LogP contribution in [0.1, 0.15) is 44.6 Å². The van der Waals surface area contributed by atoms with Gasteiger partial charge in [-0.3, -0.25) is 0 Å². The van der Waals surface area contributed by atoms with Crippen molar-refractivity contribution in [2.45, 2.75) is 45.1 Å². The largest absolute Gasteiger partial charge is 0.487 e. The van der Waals surface area contributed by atoms with Gasteiger partial charge in [0.05, 0.1) is 0 Å². The molecule has 0 bridgehead atoms. The fourth-order valence-corrected chi connectivity index (χ4v) is 2.84. The minimum absolute atomic E-state index is 0.129. The third-order valence-corrected chi connectivity index (χ3v) is 4.09. The van der Waals surface area contributed by atoms with Gasteiger partial charge in [-0.1, -0.05) is 25.6 Å². The Bertz CT molecular complexity index is 463. The van der Waals surface area contributed by atoms with E-state index in [1.165, 1.54) is 18.9 Å². The third kappa shape index (κ3) is 3.44. The van der Waals surface area contributed by atoms with Gasteiger partial charge in [0.25, 0.3) is 0 Å². The lowest BCUT2D eigenvalue weighted by molar-refractivity contribution is 0.0863. The summed E-state index contributed by atoms with van der Waals surface area (Å²) in [6, 6.07) is 4.69. The first kappa shape index (κ1) is 14.3. The predicted molar refractivity (Wildman–Crippen MR) is 79.0 cm³/mol. The SMILES string of the molecule is CCC1CCCCC1Oc1ccc(C(N)=S)cc1F. The topological polar surface area (TPSA) is 35.2 Å². The smallest absolute Gasteiger partial charge is 0.165 e. The maximum absolute atomic E-state index is 14.0. The molecule has 1 aliphatic rings. The highest BCUT2D eigenvalue weighted by atomic mass is 32.1. The molecule has 4 heteroatoms. The second-order valence-electron chi connectivity index (χ2n) is 5.12. The minimum atomic E-state index is -0.384. The van der Waals surface area contributed by atoms with Crippen LogP contribution in [0.5, 0.6) is 5.75 Å². The molecule has 0 spiro atoms. The molecule has 2 unspecified atom stereocenters. The molecular formula is C15H20FNOS. The summed E-state index contributed by atoms with van der Waals surface area (Å²) in [5.41, 5.74) is 6.02. The number of hydrogen-bond acceptors (Lipinski definition) is 2. The Balaban J connectivity index is 2.11. The molecule has 1 fully saturated rings. The molecule has 19 heavy (non-hydrogen) atoms. The summed E-state index contributed by atoms with van der Waals surface area (Å²) in [7, 11) is 0. The van der Waals surface area contributed by atoms with Crippen molar-refractivity contribution in [2.75, 3.05) is 0 Å². The quantitative estimate of drug-likeness (QED) is 0.852. The van der Waals surface area contributed by atoms with E-state index in [2.05, 4.69) is 6.92 Å². The van der Waals surface area contributed by atoms with Gasteiger partial charge in [-0.25, -0.2) is 4.39 Å². The normalized spacial score (nSPS) is 23.1.